The second kappa shape index (κ2) is 9.64. The Kier molecular flexibility index (Phi) is 6.72. The zero-order valence-electron chi connectivity index (χ0n) is 16.7. The van der Waals surface area contributed by atoms with E-state index in [2.05, 4.69) is 29.2 Å². The van der Waals surface area contributed by atoms with Gasteiger partial charge in [-0.3, -0.25) is 14.7 Å². The summed E-state index contributed by atoms with van der Waals surface area (Å²) in [5.74, 6) is 0.0283. The highest BCUT2D eigenvalue weighted by molar-refractivity contribution is 7.99. The van der Waals surface area contributed by atoms with E-state index in [1.165, 1.54) is 4.90 Å². The van der Waals surface area contributed by atoms with Crippen LogP contribution in [-0.2, 0) is 17.8 Å². The summed E-state index contributed by atoms with van der Waals surface area (Å²) in [6.07, 6.45) is 7.97. The molecule has 0 N–H and O–H groups in total. The lowest BCUT2D eigenvalue weighted by molar-refractivity contribution is -0.118. The van der Waals surface area contributed by atoms with E-state index in [0.717, 1.165) is 31.4 Å². The number of rotatable bonds is 7. The fraction of sp³-hybridized carbons (Fsp3) is 0.174. The number of amides is 1. The first kappa shape index (κ1) is 20.9. The molecular weight excluding hydrogens is 430 g/mol. The minimum absolute atomic E-state index is 0.0283. The fourth-order valence-electron chi connectivity index (χ4n) is 3.14. The van der Waals surface area contributed by atoms with E-state index in [1.54, 1.807) is 52.2 Å². The Hall–Kier alpha value is -2.35. The number of hydrogen-bond acceptors (Lipinski definition) is 6. The SMILES string of the molecule is CSc1ccc(CC(=O)N(Cc2cccnc2)c2nc3c(SC)cccc3s2)cc1. The molecular formula is C23H21N3OS3. The van der Waals surface area contributed by atoms with Crippen LogP contribution in [0, 0.1) is 0 Å². The van der Waals surface area contributed by atoms with Crippen LogP contribution in [0.15, 0.2) is 76.8 Å². The topological polar surface area (TPSA) is 46.1 Å². The monoisotopic (exact) mass is 451 g/mol. The molecule has 0 aliphatic rings. The van der Waals surface area contributed by atoms with E-state index in [9.17, 15) is 4.79 Å². The highest BCUT2D eigenvalue weighted by atomic mass is 32.2. The van der Waals surface area contributed by atoms with Gasteiger partial charge in [0.2, 0.25) is 5.91 Å². The number of anilines is 1. The first-order chi connectivity index (χ1) is 14.7. The molecule has 4 aromatic rings. The highest BCUT2D eigenvalue weighted by Crippen LogP contribution is 2.35. The van der Waals surface area contributed by atoms with Crippen molar-refractivity contribution in [1.82, 2.24) is 9.97 Å². The van der Waals surface area contributed by atoms with Crippen molar-refractivity contribution in [2.24, 2.45) is 0 Å². The van der Waals surface area contributed by atoms with Gasteiger partial charge in [0.05, 0.1) is 23.2 Å². The lowest BCUT2D eigenvalue weighted by Crippen LogP contribution is -2.31. The van der Waals surface area contributed by atoms with E-state index >= 15 is 0 Å². The van der Waals surface area contributed by atoms with Crippen molar-refractivity contribution in [2.45, 2.75) is 22.8 Å². The summed E-state index contributed by atoms with van der Waals surface area (Å²) in [6.45, 7) is 0.448. The van der Waals surface area contributed by atoms with Crippen LogP contribution in [-0.4, -0.2) is 28.4 Å². The van der Waals surface area contributed by atoms with Crippen LogP contribution >= 0.6 is 34.9 Å². The lowest BCUT2D eigenvalue weighted by atomic mass is 10.1. The molecule has 0 saturated carbocycles. The standard InChI is InChI=1S/C23H21N3OS3/c1-28-18-10-8-16(9-11-18)13-21(27)26(15-17-5-4-12-24-14-17)23-25-22-19(29-2)6-3-7-20(22)30-23/h3-12,14H,13,15H2,1-2H3. The number of thioether (sulfide) groups is 2. The third kappa shape index (κ3) is 4.69. The molecule has 152 valence electrons. The average Bonchev–Trinajstić information content (AvgIpc) is 3.22. The van der Waals surface area contributed by atoms with Crippen LogP contribution in [0.3, 0.4) is 0 Å². The number of aromatic nitrogens is 2. The molecule has 0 radical (unpaired) electrons. The molecule has 0 aliphatic heterocycles. The van der Waals surface area contributed by atoms with Gasteiger partial charge >= 0.3 is 0 Å². The smallest absolute Gasteiger partial charge is 0.233 e. The lowest BCUT2D eigenvalue weighted by Gasteiger charge is -2.20. The quantitative estimate of drug-likeness (QED) is 0.327. The van der Waals surface area contributed by atoms with E-state index in [0.29, 0.717) is 13.0 Å². The summed E-state index contributed by atoms with van der Waals surface area (Å²) in [4.78, 5) is 26.5. The Morgan fingerprint density at radius 1 is 1.00 bits per heavy atom. The predicted molar refractivity (Wildman–Crippen MR) is 129 cm³/mol. The van der Waals surface area contributed by atoms with E-state index in [1.807, 2.05) is 42.8 Å². The molecule has 0 aliphatic carbocycles. The number of benzene rings is 2. The molecule has 1 amide bonds. The third-order valence-electron chi connectivity index (χ3n) is 4.70. The van der Waals surface area contributed by atoms with Crippen LogP contribution < -0.4 is 4.90 Å². The van der Waals surface area contributed by atoms with Crippen molar-refractivity contribution in [1.29, 1.82) is 0 Å². The van der Waals surface area contributed by atoms with Gasteiger partial charge in [-0.1, -0.05) is 35.6 Å². The summed E-state index contributed by atoms with van der Waals surface area (Å²) < 4.78 is 1.09. The molecule has 0 spiro atoms. The number of nitrogens with zero attached hydrogens (tertiary/aromatic N) is 3. The molecule has 2 aromatic heterocycles. The van der Waals surface area contributed by atoms with Gasteiger partial charge in [-0.05, 0) is 54.0 Å². The van der Waals surface area contributed by atoms with Gasteiger partial charge in [0.25, 0.3) is 0 Å². The van der Waals surface area contributed by atoms with Gasteiger partial charge in [-0.15, -0.1) is 23.5 Å². The summed E-state index contributed by atoms with van der Waals surface area (Å²) in [7, 11) is 0. The Morgan fingerprint density at radius 2 is 1.83 bits per heavy atom. The summed E-state index contributed by atoms with van der Waals surface area (Å²) in [6, 6.07) is 18.2. The second-order valence-electron chi connectivity index (χ2n) is 6.67. The Labute approximate surface area is 188 Å². The van der Waals surface area contributed by atoms with Gasteiger partial charge in [-0.25, -0.2) is 4.98 Å². The number of thiazole rings is 1. The van der Waals surface area contributed by atoms with Gasteiger partial charge in [0.15, 0.2) is 5.13 Å². The van der Waals surface area contributed by atoms with Crippen molar-refractivity contribution in [2.75, 3.05) is 17.4 Å². The largest absolute Gasteiger partial charge is 0.283 e. The second-order valence-corrected chi connectivity index (χ2v) is 9.41. The molecule has 0 fully saturated rings. The Balaban J connectivity index is 1.67. The summed E-state index contributed by atoms with van der Waals surface area (Å²) in [5.41, 5.74) is 2.94. The third-order valence-corrected chi connectivity index (χ3v) is 7.26. The van der Waals surface area contributed by atoms with Crippen molar-refractivity contribution in [3.63, 3.8) is 0 Å². The van der Waals surface area contributed by atoms with Crippen LogP contribution in [0.1, 0.15) is 11.1 Å². The minimum atomic E-state index is 0.0283. The number of pyridine rings is 1. The minimum Gasteiger partial charge on any atom is -0.283 e. The normalized spacial score (nSPS) is 11.0. The molecule has 0 unspecified atom stereocenters. The first-order valence-corrected chi connectivity index (χ1v) is 12.7. The molecule has 2 aromatic carbocycles. The van der Waals surface area contributed by atoms with Crippen LogP contribution in [0.4, 0.5) is 5.13 Å². The predicted octanol–water partition coefficient (Wildman–Crippen LogP) is 5.91. The number of carbonyl (C=O) groups excluding carboxylic acids is 1. The van der Waals surface area contributed by atoms with E-state index in [4.69, 9.17) is 4.98 Å². The molecule has 7 heteroatoms. The van der Waals surface area contributed by atoms with Crippen molar-refractivity contribution in [3.05, 3.63) is 78.1 Å². The summed E-state index contributed by atoms with van der Waals surface area (Å²) in [5, 5.41) is 0.723. The maximum Gasteiger partial charge on any atom is 0.233 e. The van der Waals surface area contributed by atoms with Gasteiger partial charge in [0, 0.05) is 22.2 Å². The molecule has 0 atom stereocenters. The van der Waals surface area contributed by atoms with Gasteiger partial charge in [-0.2, -0.15) is 0 Å². The van der Waals surface area contributed by atoms with Crippen LogP contribution in [0.25, 0.3) is 10.2 Å². The molecule has 0 bridgehead atoms. The van der Waals surface area contributed by atoms with Gasteiger partial charge in [0.1, 0.15) is 0 Å². The Morgan fingerprint density at radius 3 is 2.53 bits per heavy atom. The number of fused-ring (bicyclic) bond motifs is 1. The first-order valence-electron chi connectivity index (χ1n) is 9.43. The average molecular weight is 452 g/mol. The Bertz CT molecular complexity index is 1140. The molecule has 4 nitrogen and oxygen atoms in total. The van der Waals surface area contributed by atoms with Gasteiger partial charge < -0.3 is 0 Å². The number of para-hydroxylation sites is 1. The zero-order chi connectivity index (χ0) is 20.9. The fourth-order valence-corrected chi connectivity index (χ4v) is 5.19. The molecule has 2 heterocycles. The van der Waals surface area contributed by atoms with Crippen LogP contribution in [0.5, 0.6) is 0 Å². The molecule has 30 heavy (non-hydrogen) atoms. The number of carbonyl (C=O) groups is 1. The van der Waals surface area contributed by atoms with Crippen molar-refractivity contribution >= 4 is 56.1 Å². The summed E-state index contributed by atoms with van der Waals surface area (Å²) >= 11 is 4.92. The van der Waals surface area contributed by atoms with Crippen molar-refractivity contribution < 1.29 is 4.79 Å². The zero-order valence-corrected chi connectivity index (χ0v) is 19.2. The number of hydrogen-bond donors (Lipinski definition) is 0. The van der Waals surface area contributed by atoms with Crippen molar-refractivity contribution in [3.8, 4) is 0 Å². The molecule has 4 rings (SSSR count). The molecule has 0 saturated heterocycles. The maximum atomic E-state index is 13.4. The highest BCUT2D eigenvalue weighted by Gasteiger charge is 2.21. The van der Waals surface area contributed by atoms with Crippen LogP contribution in [0.2, 0.25) is 0 Å². The maximum absolute atomic E-state index is 13.4. The van der Waals surface area contributed by atoms with E-state index < -0.39 is 0 Å². The van der Waals surface area contributed by atoms with E-state index in [-0.39, 0.29) is 5.91 Å².